The summed E-state index contributed by atoms with van der Waals surface area (Å²) < 4.78 is 31.6. The molecule has 9 heteroatoms. The second-order valence-electron chi connectivity index (χ2n) is 2.91. The maximum absolute atomic E-state index is 10.2. The van der Waals surface area contributed by atoms with Crippen LogP contribution in [0, 0.1) is 0 Å². The van der Waals surface area contributed by atoms with Gasteiger partial charge in [0.2, 0.25) is 0 Å². The van der Waals surface area contributed by atoms with E-state index in [-0.39, 0.29) is 18.0 Å². The molecule has 0 aromatic heterocycles. The minimum atomic E-state index is -4.67. The number of hydrogen-bond donors (Lipinski definition) is 3. The number of aliphatic carboxylic acids is 1. The van der Waals surface area contributed by atoms with Crippen LogP contribution in [-0.2, 0) is 15.2 Å². The van der Waals surface area contributed by atoms with Gasteiger partial charge in [0.1, 0.15) is 0 Å². The lowest BCUT2D eigenvalue weighted by molar-refractivity contribution is -0.132. The van der Waals surface area contributed by atoms with Gasteiger partial charge in [0.15, 0.2) is 0 Å². The molecular weight excluding hydrogens is 262 g/mol. The Morgan fingerprint density at radius 3 is 1.81 bits per heavy atom. The van der Waals surface area contributed by atoms with Gasteiger partial charge in [-0.2, -0.15) is 8.42 Å². The molecule has 0 unspecified atom stereocenters. The van der Waals surface area contributed by atoms with Gasteiger partial charge in [0, 0.05) is 12.1 Å². The van der Waals surface area contributed by atoms with Gasteiger partial charge < -0.3 is 10.0 Å². The number of nitrogens with zero attached hydrogens (tertiary/aromatic N) is 1. The van der Waals surface area contributed by atoms with Crippen LogP contribution in [0.25, 0.3) is 0 Å². The van der Waals surface area contributed by atoms with E-state index in [2.05, 4.69) is 6.58 Å². The Hall–Kier alpha value is -0.670. The summed E-state index contributed by atoms with van der Waals surface area (Å²) in [7, 11) is -0.871. The normalized spacial score (nSPS) is 9.81. The summed E-state index contributed by atoms with van der Waals surface area (Å²) in [6, 6.07) is 0. The molecule has 0 amide bonds. The molecule has 0 rings (SSSR count). The number of carboxylic acids is 1. The van der Waals surface area contributed by atoms with Crippen molar-refractivity contribution in [2.75, 3.05) is 20.6 Å². The Bertz CT molecular complexity index is 305. The van der Waals surface area contributed by atoms with Crippen molar-refractivity contribution in [2.24, 2.45) is 0 Å². The molecule has 0 saturated carbocycles. The molecule has 3 N–H and O–H groups in total. The molecule has 0 aromatic rings. The molecule has 0 aliphatic carbocycles. The van der Waals surface area contributed by atoms with Crippen molar-refractivity contribution in [1.82, 2.24) is 4.90 Å². The van der Waals surface area contributed by atoms with Crippen LogP contribution in [0.2, 0.25) is 0 Å². The summed E-state index contributed by atoms with van der Waals surface area (Å²) in [5.74, 6) is -0.901. The highest BCUT2D eigenvalue weighted by atomic mass is 35.5. The van der Waals surface area contributed by atoms with E-state index in [0.29, 0.717) is 6.42 Å². The van der Waals surface area contributed by atoms with Crippen molar-refractivity contribution < 1.29 is 27.4 Å². The molecule has 0 aliphatic rings. The van der Waals surface area contributed by atoms with Gasteiger partial charge in [-0.1, -0.05) is 6.58 Å². The fourth-order valence-electron chi connectivity index (χ4n) is 0.465. The van der Waals surface area contributed by atoms with E-state index in [1.165, 1.54) is 0 Å². The van der Waals surface area contributed by atoms with Gasteiger partial charge in [-0.05, 0) is 20.5 Å². The number of carboxylic acid groups (broad SMARTS) is 1. The van der Waals surface area contributed by atoms with Crippen molar-refractivity contribution in [3.8, 4) is 0 Å². The Morgan fingerprint density at radius 2 is 1.62 bits per heavy atom. The summed E-state index contributed by atoms with van der Waals surface area (Å²) in [5.41, 5.74) is 0.272. The van der Waals surface area contributed by atoms with Crippen LogP contribution >= 0.6 is 12.4 Å². The third-order valence-electron chi connectivity index (χ3n) is 1.16. The van der Waals surface area contributed by atoms with Crippen LogP contribution in [0.15, 0.2) is 12.2 Å². The maximum atomic E-state index is 10.2. The molecule has 16 heavy (non-hydrogen) atoms. The molecule has 98 valence electrons. The molecule has 0 aliphatic heterocycles. The summed E-state index contributed by atoms with van der Waals surface area (Å²) >= 11 is 0. The van der Waals surface area contributed by atoms with Gasteiger partial charge >= 0.3 is 16.4 Å². The van der Waals surface area contributed by atoms with Gasteiger partial charge in [0.25, 0.3) is 0 Å². The summed E-state index contributed by atoms with van der Waals surface area (Å²) in [6.45, 7) is 4.14. The predicted molar refractivity (Wildman–Crippen MR) is 61.4 cm³/mol. The van der Waals surface area contributed by atoms with E-state index in [1.54, 1.807) is 0 Å². The fourth-order valence-corrected chi connectivity index (χ4v) is 0.465. The Labute approximate surface area is 101 Å². The van der Waals surface area contributed by atoms with Crippen molar-refractivity contribution in [2.45, 2.75) is 6.42 Å². The SMILES string of the molecule is C=C(CCN(C)C)C(=O)O.Cl.O=S(=O)(O)O. The lowest BCUT2D eigenvalue weighted by Crippen LogP contribution is -2.15. The van der Waals surface area contributed by atoms with Gasteiger partial charge in [-0.3, -0.25) is 9.11 Å². The minimum absolute atomic E-state index is 0. The molecule has 0 spiro atoms. The van der Waals surface area contributed by atoms with Crippen LogP contribution in [-0.4, -0.2) is 54.1 Å². The highest BCUT2D eigenvalue weighted by Gasteiger charge is 2.02. The highest BCUT2D eigenvalue weighted by Crippen LogP contribution is 1.97. The zero-order chi connectivity index (χ0) is 12.6. The second-order valence-corrected chi connectivity index (χ2v) is 3.81. The Morgan fingerprint density at radius 1 is 1.31 bits per heavy atom. The molecule has 7 nitrogen and oxygen atoms in total. The monoisotopic (exact) mass is 277 g/mol. The first-order valence-electron chi connectivity index (χ1n) is 3.79. The van der Waals surface area contributed by atoms with Gasteiger partial charge in [0.05, 0.1) is 0 Å². The third kappa shape index (κ3) is 29.2. The first kappa shape index (κ1) is 20.7. The number of rotatable bonds is 4. The van der Waals surface area contributed by atoms with E-state index < -0.39 is 16.4 Å². The molecule has 0 fully saturated rings. The number of carbonyl (C=O) groups is 1. The van der Waals surface area contributed by atoms with E-state index >= 15 is 0 Å². The maximum Gasteiger partial charge on any atom is 0.394 e. The summed E-state index contributed by atoms with van der Waals surface area (Å²) in [4.78, 5) is 12.1. The van der Waals surface area contributed by atoms with E-state index in [0.717, 1.165) is 6.54 Å². The third-order valence-corrected chi connectivity index (χ3v) is 1.16. The van der Waals surface area contributed by atoms with Crippen LogP contribution in [0.4, 0.5) is 0 Å². The summed E-state index contributed by atoms with van der Waals surface area (Å²) in [6.07, 6.45) is 0.530. The van der Waals surface area contributed by atoms with Crippen LogP contribution in [0.3, 0.4) is 0 Å². The van der Waals surface area contributed by atoms with Crippen molar-refractivity contribution in [1.29, 1.82) is 0 Å². The first-order chi connectivity index (χ1) is 6.54. The van der Waals surface area contributed by atoms with Crippen molar-refractivity contribution in [3.63, 3.8) is 0 Å². The average Bonchev–Trinajstić information content (AvgIpc) is 1.96. The molecule has 0 radical (unpaired) electrons. The zero-order valence-electron chi connectivity index (χ0n) is 8.95. The first-order valence-corrected chi connectivity index (χ1v) is 5.19. The second kappa shape index (κ2) is 9.55. The molecular formula is C7H16ClNO6S. The smallest absolute Gasteiger partial charge is 0.394 e. The number of halogens is 1. The van der Waals surface area contributed by atoms with E-state index in [9.17, 15) is 4.79 Å². The largest absolute Gasteiger partial charge is 0.478 e. The predicted octanol–water partition coefficient (Wildman–Crippen LogP) is 0.348. The van der Waals surface area contributed by atoms with E-state index in [4.69, 9.17) is 22.6 Å². The van der Waals surface area contributed by atoms with Gasteiger partial charge in [-0.25, -0.2) is 4.79 Å². The van der Waals surface area contributed by atoms with Crippen LogP contribution in [0.1, 0.15) is 6.42 Å². The quantitative estimate of drug-likeness (QED) is 0.501. The number of hydrogen-bond acceptors (Lipinski definition) is 4. The minimum Gasteiger partial charge on any atom is -0.478 e. The highest BCUT2D eigenvalue weighted by molar-refractivity contribution is 7.79. The molecule has 0 saturated heterocycles. The lowest BCUT2D eigenvalue weighted by atomic mass is 10.2. The Kier molecular flexibility index (Phi) is 12.4. The standard InChI is InChI=1S/C7H13NO2.ClH.H2O4S/c1-6(7(9)10)4-5-8(2)3;;1-5(2,3)4/h1,4-5H2,2-3H3,(H,9,10);1H;(H2,1,2,3,4). The van der Waals surface area contributed by atoms with Crippen LogP contribution < -0.4 is 0 Å². The molecule has 0 heterocycles. The zero-order valence-corrected chi connectivity index (χ0v) is 10.6. The Balaban J connectivity index is -0.000000242. The molecule has 0 bridgehead atoms. The van der Waals surface area contributed by atoms with Crippen molar-refractivity contribution in [3.05, 3.63) is 12.2 Å². The average molecular weight is 278 g/mol. The van der Waals surface area contributed by atoms with Crippen LogP contribution in [0.5, 0.6) is 0 Å². The molecule has 0 aromatic carbocycles. The van der Waals surface area contributed by atoms with Crippen molar-refractivity contribution >= 4 is 28.8 Å². The lowest BCUT2D eigenvalue weighted by Gasteiger charge is -2.07. The fraction of sp³-hybridized carbons (Fsp3) is 0.571. The van der Waals surface area contributed by atoms with E-state index in [1.807, 2.05) is 19.0 Å². The summed E-state index contributed by atoms with van der Waals surface area (Å²) in [5, 5.41) is 8.38. The molecule has 0 atom stereocenters. The topological polar surface area (TPSA) is 115 Å². The van der Waals surface area contributed by atoms with Gasteiger partial charge in [-0.15, -0.1) is 12.4 Å².